The van der Waals surface area contributed by atoms with Gasteiger partial charge in [-0.05, 0) is 24.6 Å². The van der Waals surface area contributed by atoms with Gasteiger partial charge in [0.05, 0.1) is 0 Å². The molecular weight excluding hydrogens is 229 g/mol. The minimum Gasteiger partial charge on any atom is -0.324 e. The van der Waals surface area contributed by atoms with E-state index in [1.807, 2.05) is 40.7 Å². The predicted molar refractivity (Wildman–Crippen MR) is 71.8 cm³/mol. The molecule has 15 heavy (non-hydrogen) atoms. The molecule has 1 atom stereocenters. The molecule has 0 amide bonds. The van der Waals surface area contributed by atoms with E-state index in [0.29, 0.717) is 10.0 Å². The highest BCUT2D eigenvalue weighted by Gasteiger charge is 2.04. The van der Waals surface area contributed by atoms with Gasteiger partial charge in [-0.2, -0.15) is 0 Å². The predicted octanol–water partition coefficient (Wildman–Crippen LogP) is 5.07. The van der Waals surface area contributed by atoms with E-state index < -0.39 is 0 Å². The largest absolute Gasteiger partial charge is 0.324 e. The molecule has 0 radical (unpaired) electrons. The summed E-state index contributed by atoms with van der Waals surface area (Å²) < 4.78 is 0. The molecule has 1 aromatic rings. The van der Waals surface area contributed by atoms with Crippen molar-refractivity contribution in [2.24, 2.45) is 5.73 Å². The van der Waals surface area contributed by atoms with Gasteiger partial charge in [0.1, 0.15) is 0 Å². The van der Waals surface area contributed by atoms with Crippen molar-refractivity contribution in [3.63, 3.8) is 0 Å². The standard InChI is InChI=1S/C8H9Cl2N.2C2H6/c1-5(11)7-3-2-6(9)4-8(7)10;2*1-2/h2-5H,11H2,1H3;2*1-2H3. The van der Waals surface area contributed by atoms with Crippen molar-refractivity contribution >= 4 is 23.2 Å². The Morgan fingerprint density at radius 1 is 1.07 bits per heavy atom. The Morgan fingerprint density at radius 2 is 1.53 bits per heavy atom. The van der Waals surface area contributed by atoms with Crippen LogP contribution < -0.4 is 5.73 Å². The van der Waals surface area contributed by atoms with Crippen LogP contribution in [0.4, 0.5) is 0 Å². The van der Waals surface area contributed by atoms with Crippen LogP contribution in [0.3, 0.4) is 0 Å². The van der Waals surface area contributed by atoms with E-state index in [1.165, 1.54) is 0 Å². The number of hydrogen-bond acceptors (Lipinski definition) is 1. The highest BCUT2D eigenvalue weighted by atomic mass is 35.5. The smallest absolute Gasteiger partial charge is 0.0468 e. The summed E-state index contributed by atoms with van der Waals surface area (Å²) in [4.78, 5) is 0. The number of nitrogens with two attached hydrogens (primary N) is 1. The van der Waals surface area contributed by atoms with Crippen molar-refractivity contribution in [1.29, 1.82) is 0 Å². The fraction of sp³-hybridized carbons (Fsp3) is 0.500. The zero-order valence-electron chi connectivity index (χ0n) is 10.1. The average molecular weight is 250 g/mol. The summed E-state index contributed by atoms with van der Waals surface area (Å²) >= 11 is 11.6. The summed E-state index contributed by atoms with van der Waals surface area (Å²) in [6.07, 6.45) is 0. The van der Waals surface area contributed by atoms with Crippen molar-refractivity contribution in [2.75, 3.05) is 0 Å². The lowest BCUT2D eigenvalue weighted by molar-refractivity contribution is 0.818. The molecule has 0 spiro atoms. The van der Waals surface area contributed by atoms with Crippen molar-refractivity contribution < 1.29 is 0 Å². The summed E-state index contributed by atoms with van der Waals surface area (Å²) in [5.74, 6) is 0. The van der Waals surface area contributed by atoms with E-state index in [4.69, 9.17) is 28.9 Å². The van der Waals surface area contributed by atoms with Gasteiger partial charge in [-0.15, -0.1) is 0 Å². The summed E-state index contributed by atoms with van der Waals surface area (Å²) in [6.45, 7) is 9.88. The lowest BCUT2D eigenvalue weighted by Crippen LogP contribution is -2.05. The van der Waals surface area contributed by atoms with Gasteiger partial charge in [0.15, 0.2) is 0 Å². The van der Waals surface area contributed by atoms with Crippen LogP contribution in [0.5, 0.6) is 0 Å². The Labute approximate surface area is 104 Å². The van der Waals surface area contributed by atoms with Gasteiger partial charge in [0, 0.05) is 16.1 Å². The summed E-state index contributed by atoms with van der Waals surface area (Å²) in [5, 5.41) is 1.27. The third-order valence-corrected chi connectivity index (χ3v) is 2.02. The van der Waals surface area contributed by atoms with Gasteiger partial charge < -0.3 is 5.73 Å². The number of halogens is 2. The lowest BCUT2D eigenvalue weighted by Gasteiger charge is -2.07. The maximum absolute atomic E-state index is 5.86. The van der Waals surface area contributed by atoms with E-state index in [1.54, 1.807) is 12.1 Å². The molecule has 88 valence electrons. The molecule has 1 nitrogen and oxygen atoms in total. The number of benzene rings is 1. The number of hydrogen-bond donors (Lipinski definition) is 1. The molecule has 0 fully saturated rings. The topological polar surface area (TPSA) is 26.0 Å². The van der Waals surface area contributed by atoms with Gasteiger partial charge in [0.2, 0.25) is 0 Å². The second-order valence-electron chi connectivity index (χ2n) is 2.45. The Kier molecular flexibility index (Phi) is 11.8. The second kappa shape index (κ2) is 10.3. The number of rotatable bonds is 1. The van der Waals surface area contributed by atoms with E-state index in [0.717, 1.165) is 5.56 Å². The van der Waals surface area contributed by atoms with E-state index in [9.17, 15) is 0 Å². The fourth-order valence-corrected chi connectivity index (χ4v) is 1.45. The van der Waals surface area contributed by atoms with Gasteiger partial charge in [-0.1, -0.05) is 57.0 Å². The van der Waals surface area contributed by atoms with Crippen molar-refractivity contribution in [3.8, 4) is 0 Å². The third-order valence-electron chi connectivity index (χ3n) is 1.45. The monoisotopic (exact) mass is 249 g/mol. The summed E-state index contributed by atoms with van der Waals surface area (Å²) in [6, 6.07) is 5.28. The first kappa shape index (κ1) is 17.2. The molecule has 0 aliphatic carbocycles. The first-order valence-corrected chi connectivity index (χ1v) is 6.07. The molecule has 3 heteroatoms. The SMILES string of the molecule is CC.CC.CC(N)c1ccc(Cl)cc1Cl. The maximum Gasteiger partial charge on any atom is 0.0468 e. The molecule has 1 rings (SSSR count). The van der Waals surface area contributed by atoms with Crippen molar-refractivity contribution in [3.05, 3.63) is 33.8 Å². The fourth-order valence-electron chi connectivity index (χ4n) is 0.871. The van der Waals surface area contributed by atoms with Crippen molar-refractivity contribution in [1.82, 2.24) is 0 Å². The third kappa shape index (κ3) is 6.77. The van der Waals surface area contributed by atoms with E-state index in [-0.39, 0.29) is 6.04 Å². The Balaban J connectivity index is 0. The molecule has 2 N–H and O–H groups in total. The molecule has 0 saturated heterocycles. The van der Waals surface area contributed by atoms with Crippen LogP contribution >= 0.6 is 23.2 Å². The average Bonchev–Trinajstić information content (AvgIpc) is 2.23. The van der Waals surface area contributed by atoms with Gasteiger partial charge >= 0.3 is 0 Å². The summed E-state index contributed by atoms with van der Waals surface area (Å²) in [5.41, 5.74) is 6.56. The van der Waals surface area contributed by atoms with E-state index in [2.05, 4.69) is 0 Å². The first-order valence-electron chi connectivity index (χ1n) is 5.32. The van der Waals surface area contributed by atoms with Crippen LogP contribution in [0.25, 0.3) is 0 Å². The van der Waals surface area contributed by atoms with E-state index >= 15 is 0 Å². The maximum atomic E-state index is 5.86. The Bertz CT molecular complexity index is 260. The normalized spacial score (nSPS) is 10.4. The van der Waals surface area contributed by atoms with Gasteiger partial charge in [0.25, 0.3) is 0 Å². The molecule has 0 aliphatic heterocycles. The molecule has 0 heterocycles. The van der Waals surface area contributed by atoms with Crippen molar-refractivity contribution in [2.45, 2.75) is 40.7 Å². The highest BCUT2D eigenvalue weighted by Crippen LogP contribution is 2.24. The van der Waals surface area contributed by atoms with Crippen LogP contribution in [0.15, 0.2) is 18.2 Å². The molecule has 1 aromatic carbocycles. The minimum absolute atomic E-state index is 0.0419. The van der Waals surface area contributed by atoms with Crippen LogP contribution in [0, 0.1) is 0 Å². The molecule has 0 saturated carbocycles. The van der Waals surface area contributed by atoms with Crippen LogP contribution in [0.2, 0.25) is 10.0 Å². The Morgan fingerprint density at radius 3 is 1.87 bits per heavy atom. The molecule has 0 aromatic heterocycles. The summed E-state index contributed by atoms with van der Waals surface area (Å²) in [7, 11) is 0. The molecule has 0 bridgehead atoms. The Hall–Kier alpha value is -0.240. The van der Waals surface area contributed by atoms with Crippen LogP contribution in [0.1, 0.15) is 46.2 Å². The molecular formula is C12H21Cl2N. The van der Waals surface area contributed by atoms with Crippen LogP contribution in [-0.2, 0) is 0 Å². The zero-order chi connectivity index (χ0) is 12.4. The van der Waals surface area contributed by atoms with Crippen LogP contribution in [-0.4, -0.2) is 0 Å². The molecule has 1 unspecified atom stereocenters. The highest BCUT2D eigenvalue weighted by molar-refractivity contribution is 6.35. The quantitative estimate of drug-likeness (QED) is 0.740. The second-order valence-corrected chi connectivity index (χ2v) is 3.30. The van der Waals surface area contributed by atoms with Gasteiger partial charge in [-0.25, -0.2) is 0 Å². The zero-order valence-corrected chi connectivity index (χ0v) is 11.7. The minimum atomic E-state index is -0.0419. The lowest BCUT2D eigenvalue weighted by atomic mass is 10.1. The molecule has 0 aliphatic rings. The first-order chi connectivity index (χ1) is 7.11. The van der Waals surface area contributed by atoms with Gasteiger partial charge in [-0.3, -0.25) is 0 Å².